The predicted molar refractivity (Wildman–Crippen MR) is 133 cm³/mol. The Kier molecular flexibility index (Phi) is 4.87. The van der Waals surface area contributed by atoms with Crippen molar-refractivity contribution in [2.24, 2.45) is 10.1 Å². The highest BCUT2D eigenvalue weighted by Gasteiger charge is 2.38. The van der Waals surface area contributed by atoms with Gasteiger partial charge in [0.05, 0.1) is 11.3 Å². The van der Waals surface area contributed by atoms with Crippen molar-refractivity contribution in [1.82, 2.24) is 9.58 Å². The third-order valence-corrected chi connectivity index (χ3v) is 8.11. The van der Waals surface area contributed by atoms with Crippen molar-refractivity contribution >= 4 is 59.7 Å². The van der Waals surface area contributed by atoms with E-state index in [9.17, 15) is 13.2 Å². The topological polar surface area (TPSA) is 108 Å². The molecule has 33 heavy (non-hydrogen) atoms. The van der Waals surface area contributed by atoms with Gasteiger partial charge in [0.1, 0.15) is 0 Å². The van der Waals surface area contributed by atoms with Gasteiger partial charge in [-0.25, -0.2) is 8.42 Å². The molecule has 3 aromatic rings. The number of hydrazone groups is 1. The number of aliphatic imine (C=N–C) groups is 1. The van der Waals surface area contributed by atoms with Crippen LogP contribution in [0.15, 0.2) is 64.2 Å². The van der Waals surface area contributed by atoms with Crippen LogP contribution in [0.2, 0.25) is 0 Å². The van der Waals surface area contributed by atoms with E-state index in [-0.39, 0.29) is 21.0 Å². The standard InChI is InChI=1S/C23H19N5O3S2/c1-13-11-16(14(2)27(13)19-10-6-8-15-7-4-5-9-17(15)19)12-18-20(24)28-22(25-21(18)29)32-23(26-28)33(3,30)31/h4-12,24H,1-3H3/b18-12+,24-20?. The Labute approximate surface area is 194 Å². The Balaban J connectivity index is 1.60. The molecule has 0 saturated carbocycles. The van der Waals surface area contributed by atoms with Gasteiger partial charge in [-0.3, -0.25) is 10.2 Å². The molecule has 0 bridgehead atoms. The Morgan fingerprint density at radius 1 is 1.09 bits per heavy atom. The number of rotatable bonds is 2. The number of amidine groups is 2. The number of aromatic nitrogens is 1. The van der Waals surface area contributed by atoms with E-state index < -0.39 is 15.7 Å². The summed E-state index contributed by atoms with van der Waals surface area (Å²) in [4.78, 5) is 16.7. The summed E-state index contributed by atoms with van der Waals surface area (Å²) in [6.45, 7) is 3.94. The molecule has 166 valence electrons. The second kappa shape index (κ2) is 7.53. The van der Waals surface area contributed by atoms with Crippen molar-refractivity contribution in [2.45, 2.75) is 13.8 Å². The number of fused-ring (bicyclic) bond motifs is 2. The van der Waals surface area contributed by atoms with Crippen LogP contribution in [0.25, 0.3) is 22.5 Å². The molecule has 2 aromatic carbocycles. The van der Waals surface area contributed by atoms with E-state index in [1.165, 1.54) is 0 Å². The number of aryl methyl sites for hydroxylation is 1. The number of nitrogens with one attached hydrogen (secondary N) is 1. The lowest BCUT2D eigenvalue weighted by Crippen LogP contribution is -2.35. The highest BCUT2D eigenvalue weighted by Crippen LogP contribution is 2.32. The van der Waals surface area contributed by atoms with Crippen LogP contribution in [0, 0.1) is 19.3 Å². The van der Waals surface area contributed by atoms with E-state index in [1.54, 1.807) is 6.08 Å². The molecule has 0 atom stereocenters. The van der Waals surface area contributed by atoms with Crippen molar-refractivity contribution in [3.05, 3.63) is 71.1 Å². The van der Waals surface area contributed by atoms with E-state index in [1.807, 2.05) is 44.2 Å². The summed E-state index contributed by atoms with van der Waals surface area (Å²) in [5, 5.41) is 15.9. The van der Waals surface area contributed by atoms with Crippen LogP contribution in [0.4, 0.5) is 0 Å². The zero-order chi connectivity index (χ0) is 23.5. The zero-order valence-corrected chi connectivity index (χ0v) is 19.7. The van der Waals surface area contributed by atoms with Gasteiger partial charge in [0.2, 0.25) is 19.4 Å². The molecular weight excluding hydrogens is 458 g/mol. The molecule has 5 rings (SSSR count). The summed E-state index contributed by atoms with van der Waals surface area (Å²) >= 11 is 0.770. The maximum Gasteiger partial charge on any atom is 0.283 e. The number of carbonyl (C=O) groups excluding carboxylic acids is 1. The number of carbonyl (C=O) groups is 1. The number of benzene rings is 2. The highest BCUT2D eigenvalue weighted by atomic mass is 32.3. The Morgan fingerprint density at radius 3 is 2.58 bits per heavy atom. The molecule has 1 amide bonds. The van der Waals surface area contributed by atoms with Crippen LogP contribution < -0.4 is 0 Å². The van der Waals surface area contributed by atoms with Gasteiger partial charge in [-0.05, 0) is 54.8 Å². The van der Waals surface area contributed by atoms with Gasteiger partial charge in [0.15, 0.2) is 5.84 Å². The molecule has 0 spiro atoms. The summed E-state index contributed by atoms with van der Waals surface area (Å²) in [7, 11) is -3.58. The van der Waals surface area contributed by atoms with E-state index in [0.29, 0.717) is 0 Å². The molecule has 3 heterocycles. The smallest absolute Gasteiger partial charge is 0.283 e. The summed E-state index contributed by atoms with van der Waals surface area (Å²) in [5.74, 6) is -0.801. The molecule has 0 unspecified atom stereocenters. The number of sulfone groups is 1. The summed E-state index contributed by atoms with van der Waals surface area (Å²) in [6.07, 6.45) is 2.65. The SMILES string of the molecule is Cc1cc(/C=C2\C(=N)N3N=C(S(C)(=O)=O)SC3=NC2=O)c(C)n1-c1cccc2ccccc12. The summed E-state index contributed by atoms with van der Waals surface area (Å²) in [6, 6.07) is 16.2. The Bertz CT molecular complexity index is 1570. The van der Waals surface area contributed by atoms with Crippen molar-refractivity contribution in [3.63, 3.8) is 0 Å². The first kappa shape index (κ1) is 21.4. The highest BCUT2D eigenvalue weighted by molar-refractivity contribution is 8.42. The lowest BCUT2D eigenvalue weighted by atomic mass is 10.1. The average Bonchev–Trinajstić information content (AvgIpc) is 3.32. The number of hydrogen-bond donors (Lipinski definition) is 1. The maximum absolute atomic E-state index is 12.7. The van der Waals surface area contributed by atoms with Crippen molar-refractivity contribution < 1.29 is 13.2 Å². The third kappa shape index (κ3) is 3.51. The van der Waals surface area contributed by atoms with Gasteiger partial charge in [-0.2, -0.15) is 10.0 Å². The summed E-state index contributed by atoms with van der Waals surface area (Å²) < 4.78 is 25.6. The first-order valence-electron chi connectivity index (χ1n) is 10.0. The molecule has 0 fully saturated rings. The molecule has 0 radical (unpaired) electrons. The van der Waals surface area contributed by atoms with Crippen LogP contribution in [0.1, 0.15) is 17.0 Å². The molecule has 10 heteroatoms. The fourth-order valence-corrected chi connectivity index (χ4v) is 5.67. The van der Waals surface area contributed by atoms with Gasteiger partial charge in [-0.1, -0.05) is 36.4 Å². The Morgan fingerprint density at radius 2 is 1.82 bits per heavy atom. The molecule has 0 aliphatic carbocycles. The minimum atomic E-state index is -3.58. The van der Waals surface area contributed by atoms with Gasteiger partial charge in [0, 0.05) is 23.0 Å². The second-order valence-corrected chi connectivity index (χ2v) is 11.0. The fourth-order valence-electron chi connectivity index (χ4n) is 3.99. The number of thioether (sulfide) groups is 1. The number of hydrogen-bond acceptors (Lipinski definition) is 6. The second-order valence-electron chi connectivity index (χ2n) is 7.82. The zero-order valence-electron chi connectivity index (χ0n) is 18.0. The van der Waals surface area contributed by atoms with Gasteiger partial charge in [0.25, 0.3) is 5.91 Å². The fraction of sp³-hybridized carbons (Fsp3) is 0.130. The van der Waals surface area contributed by atoms with Crippen molar-refractivity contribution in [1.29, 1.82) is 5.41 Å². The molecule has 2 aliphatic heterocycles. The predicted octanol–water partition coefficient (Wildman–Crippen LogP) is 3.87. The lowest BCUT2D eigenvalue weighted by Gasteiger charge is -2.20. The van der Waals surface area contributed by atoms with Crippen LogP contribution in [0.3, 0.4) is 0 Å². The molecule has 0 saturated heterocycles. The largest absolute Gasteiger partial charge is 0.317 e. The van der Waals surface area contributed by atoms with Gasteiger partial charge >= 0.3 is 0 Å². The quantitative estimate of drug-likeness (QED) is 0.564. The van der Waals surface area contributed by atoms with Crippen LogP contribution in [-0.2, 0) is 14.6 Å². The van der Waals surface area contributed by atoms with E-state index in [0.717, 1.165) is 56.4 Å². The van der Waals surface area contributed by atoms with Gasteiger partial charge < -0.3 is 4.57 Å². The molecular formula is C23H19N5O3S2. The molecule has 1 N–H and O–H groups in total. The van der Waals surface area contributed by atoms with Crippen molar-refractivity contribution in [2.75, 3.05) is 6.26 Å². The van der Waals surface area contributed by atoms with E-state index in [4.69, 9.17) is 5.41 Å². The number of amides is 1. The van der Waals surface area contributed by atoms with Crippen LogP contribution >= 0.6 is 11.8 Å². The minimum Gasteiger partial charge on any atom is -0.317 e. The Hall–Kier alpha value is -3.50. The molecule has 2 aliphatic rings. The van der Waals surface area contributed by atoms with Crippen molar-refractivity contribution in [3.8, 4) is 5.69 Å². The molecule has 1 aromatic heterocycles. The maximum atomic E-state index is 12.7. The normalized spacial score (nSPS) is 17.5. The average molecular weight is 478 g/mol. The monoisotopic (exact) mass is 477 g/mol. The minimum absolute atomic E-state index is 0.0519. The lowest BCUT2D eigenvalue weighted by molar-refractivity contribution is -0.114. The van der Waals surface area contributed by atoms with E-state index in [2.05, 4.69) is 32.9 Å². The van der Waals surface area contributed by atoms with Crippen LogP contribution in [0.5, 0.6) is 0 Å². The number of nitrogens with zero attached hydrogens (tertiary/aromatic N) is 4. The molecule has 8 nitrogen and oxygen atoms in total. The first-order chi connectivity index (χ1) is 15.6. The third-order valence-electron chi connectivity index (χ3n) is 5.53. The summed E-state index contributed by atoms with van der Waals surface area (Å²) in [5.41, 5.74) is 3.73. The van der Waals surface area contributed by atoms with E-state index >= 15 is 0 Å². The van der Waals surface area contributed by atoms with Crippen LogP contribution in [-0.4, -0.2) is 45.5 Å². The first-order valence-corrected chi connectivity index (χ1v) is 12.7. The van der Waals surface area contributed by atoms with Gasteiger partial charge in [-0.15, -0.1) is 5.10 Å².